The van der Waals surface area contributed by atoms with Crippen molar-refractivity contribution in [2.75, 3.05) is 11.1 Å². The fourth-order valence-corrected chi connectivity index (χ4v) is 1.65. The van der Waals surface area contributed by atoms with Crippen molar-refractivity contribution in [2.45, 2.75) is 6.92 Å². The molecule has 0 saturated carbocycles. The number of para-hydroxylation sites is 2. The third-order valence-corrected chi connectivity index (χ3v) is 2.77. The fourth-order valence-electron chi connectivity index (χ4n) is 1.65. The minimum absolute atomic E-state index is 0.0398. The van der Waals surface area contributed by atoms with Crippen LogP contribution in [0, 0.1) is 6.92 Å². The van der Waals surface area contributed by atoms with E-state index in [0.717, 1.165) is 11.3 Å². The molecule has 3 heteroatoms. The molecule has 0 amide bonds. The first-order chi connectivity index (χ1) is 9.16. The Morgan fingerprint density at radius 3 is 2.47 bits per heavy atom. The number of hydrogen-bond acceptors (Lipinski definition) is 3. The maximum absolute atomic E-state index is 11.9. The molecule has 0 aliphatic rings. The highest BCUT2D eigenvalue weighted by atomic mass is 16.1. The van der Waals surface area contributed by atoms with Crippen LogP contribution >= 0.6 is 0 Å². The van der Waals surface area contributed by atoms with Gasteiger partial charge in [-0.05, 0) is 19.1 Å². The molecule has 0 spiro atoms. The predicted octanol–water partition coefficient (Wildman–Crippen LogP) is 3.39. The zero-order valence-electron chi connectivity index (χ0n) is 10.8. The Hall–Kier alpha value is -2.55. The van der Waals surface area contributed by atoms with E-state index < -0.39 is 0 Å². The smallest absolute Gasteiger partial charge is 0.187 e. The molecular weight excluding hydrogens is 236 g/mol. The van der Waals surface area contributed by atoms with Crippen LogP contribution < -0.4 is 11.1 Å². The molecule has 96 valence electrons. The second-order valence-electron chi connectivity index (χ2n) is 4.30. The molecule has 0 aliphatic heterocycles. The Bertz CT molecular complexity index is 600. The number of anilines is 2. The molecule has 0 fully saturated rings. The molecule has 19 heavy (non-hydrogen) atoms. The van der Waals surface area contributed by atoms with E-state index in [1.807, 2.05) is 49.4 Å². The van der Waals surface area contributed by atoms with E-state index in [9.17, 15) is 4.79 Å². The molecule has 2 aromatic rings. The monoisotopic (exact) mass is 252 g/mol. The Morgan fingerprint density at radius 1 is 1.11 bits per heavy atom. The van der Waals surface area contributed by atoms with Gasteiger partial charge in [-0.15, -0.1) is 0 Å². The van der Waals surface area contributed by atoms with Crippen LogP contribution in [0.1, 0.15) is 15.9 Å². The zero-order chi connectivity index (χ0) is 13.7. The summed E-state index contributed by atoms with van der Waals surface area (Å²) in [6, 6.07) is 14.9. The van der Waals surface area contributed by atoms with Gasteiger partial charge < -0.3 is 11.1 Å². The van der Waals surface area contributed by atoms with E-state index >= 15 is 0 Å². The summed E-state index contributed by atoms with van der Waals surface area (Å²) in [6.45, 7) is 1.99. The Labute approximate surface area is 112 Å². The van der Waals surface area contributed by atoms with Crippen LogP contribution in [0.5, 0.6) is 0 Å². The van der Waals surface area contributed by atoms with Gasteiger partial charge in [0.2, 0.25) is 0 Å². The minimum atomic E-state index is -0.0398. The van der Waals surface area contributed by atoms with Crippen LogP contribution in [-0.2, 0) is 0 Å². The van der Waals surface area contributed by atoms with E-state index in [4.69, 9.17) is 5.73 Å². The molecule has 0 saturated heterocycles. The van der Waals surface area contributed by atoms with Crippen LogP contribution in [-0.4, -0.2) is 5.78 Å². The first-order valence-electron chi connectivity index (χ1n) is 6.05. The Morgan fingerprint density at radius 2 is 1.79 bits per heavy atom. The van der Waals surface area contributed by atoms with Crippen LogP contribution in [0.2, 0.25) is 0 Å². The van der Waals surface area contributed by atoms with E-state index in [2.05, 4.69) is 5.32 Å². The maximum Gasteiger partial charge on any atom is 0.187 e. The quantitative estimate of drug-likeness (QED) is 0.498. The molecular formula is C16H16N2O. The molecule has 0 aliphatic carbocycles. The summed E-state index contributed by atoms with van der Waals surface area (Å²) in [4.78, 5) is 11.9. The molecule has 0 unspecified atom stereocenters. The minimum Gasteiger partial charge on any atom is -0.397 e. The van der Waals surface area contributed by atoms with Gasteiger partial charge in [0, 0.05) is 17.8 Å². The number of benzene rings is 2. The van der Waals surface area contributed by atoms with Crippen LogP contribution in [0.4, 0.5) is 11.4 Å². The zero-order valence-corrected chi connectivity index (χ0v) is 10.8. The average molecular weight is 252 g/mol. The molecule has 3 N–H and O–H groups in total. The van der Waals surface area contributed by atoms with Gasteiger partial charge >= 0.3 is 0 Å². The summed E-state index contributed by atoms with van der Waals surface area (Å²) in [7, 11) is 0. The van der Waals surface area contributed by atoms with Crippen molar-refractivity contribution < 1.29 is 4.79 Å². The molecule has 0 atom stereocenters. The highest BCUT2D eigenvalue weighted by Gasteiger charge is 2.00. The SMILES string of the molecule is Cc1ccc(C(=O)/C=C\Nc2ccccc2N)cc1. The molecule has 0 aromatic heterocycles. The second-order valence-corrected chi connectivity index (χ2v) is 4.30. The van der Waals surface area contributed by atoms with Gasteiger partial charge in [-0.2, -0.15) is 0 Å². The molecule has 2 rings (SSSR count). The molecule has 0 radical (unpaired) electrons. The number of nitrogen functional groups attached to an aromatic ring is 1. The number of allylic oxidation sites excluding steroid dienone is 1. The van der Waals surface area contributed by atoms with Gasteiger partial charge in [-0.1, -0.05) is 42.0 Å². The number of nitrogens with one attached hydrogen (secondary N) is 1. The largest absolute Gasteiger partial charge is 0.397 e. The lowest BCUT2D eigenvalue weighted by molar-refractivity contribution is 0.104. The van der Waals surface area contributed by atoms with Crippen LogP contribution in [0.15, 0.2) is 60.8 Å². The molecule has 0 heterocycles. The number of aryl methyl sites for hydroxylation is 1. The molecule has 0 bridgehead atoms. The van der Waals surface area contributed by atoms with E-state index in [-0.39, 0.29) is 5.78 Å². The van der Waals surface area contributed by atoms with Gasteiger partial charge in [0.1, 0.15) is 0 Å². The van der Waals surface area contributed by atoms with E-state index in [1.165, 1.54) is 6.08 Å². The van der Waals surface area contributed by atoms with Crippen molar-refractivity contribution in [2.24, 2.45) is 0 Å². The van der Waals surface area contributed by atoms with E-state index in [1.54, 1.807) is 12.3 Å². The summed E-state index contributed by atoms with van der Waals surface area (Å²) >= 11 is 0. The third-order valence-electron chi connectivity index (χ3n) is 2.77. The van der Waals surface area contributed by atoms with Crippen molar-refractivity contribution in [3.63, 3.8) is 0 Å². The summed E-state index contributed by atoms with van der Waals surface area (Å²) in [5.74, 6) is -0.0398. The lowest BCUT2D eigenvalue weighted by Gasteiger charge is -2.03. The normalized spacial score (nSPS) is 10.6. The first-order valence-corrected chi connectivity index (χ1v) is 6.05. The summed E-state index contributed by atoms with van der Waals surface area (Å²) in [6.07, 6.45) is 3.10. The van der Waals surface area contributed by atoms with E-state index in [0.29, 0.717) is 11.3 Å². The Kier molecular flexibility index (Phi) is 3.98. The van der Waals surface area contributed by atoms with Gasteiger partial charge in [0.15, 0.2) is 5.78 Å². The van der Waals surface area contributed by atoms with Gasteiger partial charge in [-0.3, -0.25) is 4.79 Å². The van der Waals surface area contributed by atoms with Crippen molar-refractivity contribution >= 4 is 17.2 Å². The lowest BCUT2D eigenvalue weighted by atomic mass is 10.1. The van der Waals surface area contributed by atoms with Gasteiger partial charge in [-0.25, -0.2) is 0 Å². The third kappa shape index (κ3) is 3.45. The van der Waals surface area contributed by atoms with Crippen molar-refractivity contribution in [1.29, 1.82) is 0 Å². The first kappa shape index (κ1) is 12.9. The number of rotatable bonds is 4. The highest BCUT2D eigenvalue weighted by Crippen LogP contribution is 2.16. The highest BCUT2D eigenvalue weighted by molar-refractivity contribution is 6.04. The molecule has 2 aromatic carbocycles. The summed E-state index contributed by atoms with van der Waals surface area (Å²) < 4.78 is 0. The van der Waals surface area contributed by atoms with Gasteiger partial charge in [0.25, 0.3) is 0 Å². The fraction of sp³-hybridized carbons (Fsp3) is 0.0625. The number of ketones is 1. The van der Waals surface area contributed by atoms with Crippen LogP contribution in [0.3, 0.4) is 0 Å². The summed E-state index contributed by atoms with van der Waals surface area (Å²) in [5, 5.41) is 3.00. The second kappa shape index (κ2) is 5.87. The van der Waals surface area contributed by atoms with Crippen LogP contribution in [0.25, 0.3) is 0 Å². The Balaban J connectivity index is 2.01. The van der Waals surface area contributed by atoms with Crippen molar-refractivity contribution in [3.05, 3.63) is 71.9 Å². The number of nitrogens with two attached hydrogens (primary N) is 1. The van der Waals surface area contributed by atoms with Gasteiger partial charge in [0.05, 0.1) is 11.4 Å². The average Bonchev–Trinajstić information content (AvgIpc) is 2.41. The van der Waals surface area contributed by atoms with Crippen molar-refractivity contribution in [1.82, 2.24) is 0 Å². The summed E-state index contributed by atoms with van der Waals surface area (Å²) in [5.41, 5.74) is 9.03. The number of carbonyl (C=O) groups is 1. The topological polar surface area (TPSA) is 55.1 Å². The molecule has 3 nitrogen and oxygen atoms in total. The van der Waals surface area contributed by atoms with Crippen molar-refractivity contribution in [3.8, 4) is 0 Å². The maximum atomic E-state index is 11.9. The number of carbonyl (C=O) groups excluding carboxylic acids is 1. The lowest BCUT2D eigenvalue weighted by Crippen LogP contribution is -1.98. The predicted molar refractivity (Wildman–Crippen MR) is 79.1 cm³/mol. The number of hydrogen-bond donors (Lipinski definition) is 2. The standard InChI is InChI=1S/C16H16N2O/c1-12-6-8-13(9-7-12)16(19)10-11-18-15-5-3-2-4-14(15)17/h2-11,18H,17H2,1H3/b11-10-.